The lowest BCUT2D eigenvalue weighted by molar-refractivity contribution is -0.140. The molecule has 0 amide bonds. The average Bonchev–Trinajstić information content (AvgIpc) is 3.99. The van der Waals surface area contributed by atoms with Gasteiger partial charge in [-0.25, -0.2) is 14.4 Å². The van der Waals surface area contributed by atoms with Gasteiger partial charge in [-0.15, -0.1) is 0 Å². The van der Waals surface area contributed by atoms with Crippen molar-refractivity contribution in [3.63, 3.8) is 0 Å². The maximum atomic E-state index is 14.7. The van der Waals surface area contributed by atoms with Crippen LogP contribution in [0.1, 0.15) is 39.7 Å². The fraction of sp³-hybridized carbons (Fsp3) is 0.0893. The second kappa shape index (κ2) is 19.4. The molecule has 6 heterocycles. The number of hydrogen-bond acceptors (Lipinski definition) is 8. The van der Waals surface area contributed by atoms with Gasteiger partial charge in [0.15, 0.2) is 0 Å². The summed E-state index contributed by atoms with van der Waals surface area (Å²) in [6.45, 7) is 3.85. The number of aromatic nitrogens is 9. The lowest BCUT2D eigenvalue weighted by Gasteiger charge is -2.10. The number of rotatable bonds is 10. The largest absolute Gasteiger partial charge is 0.457 e. The Bertz CT molecular complexity index is 3650. The molecule has 5 aromatic carbocycles. The molecule has 0 aliphatic heterocycles. The van der Waals surface area contributed by atoms with Crippen LogP contribution in [-0.4, -0.2) is 44.9 Å². The molecule has 10 nitrogen and oxygen atoms in total. The highest BCUT2D eigenvalue weighted by atomic mass is 19.4. The Morgan fingerprint density at radius 3 is 1.79 bits per heavy atom. The molecule has 6 aromatic heterocycles. The van der Waals surface area contributed by atoms with Gasteiger partial charge in [0, 0.05) is 59.3 Å². The zero-order valence-corrected chi connectivity index (χ0v) is 37.7. The van der Waals surface area contributed by atoms with E-state index in [1.165, 1.54) is 12.1 Å². The van der Waals surface area contributed by atoms with Crippen molar-refractivity contribution in [1.29, 1.82) is 0 Å². The first kappa shape index (κ1) is 44.9. The first-order chi connectivity index (χ1) is 34.0. The summed E-state index contributed by atoms with van der Waals surface area (Å²) in [6.07, 6.45) is 0.828. The number of para-hydroxylation sites is 1. The number of fused-ring (bicyclic) bond motifs is 2. The predicted octanol–water partition coefficient (Wildman–Crippen LogP) is 13.5. The smallest absolute Gasteiger partial charge is 0.419 e. The molecule has 14 heteroatoms. The zero-order chi connectivity index (χ0) is 48.2. The van der Waals surface area contributed by atoms with Gasteiger partial charge in [-0.3, -0.25) is 24.9 Å². The van der Waals surface area contributed by atoms with E-state index >= 15 is 0 Å². The van der Waals surface area contributed by atoms with Crippen LogP contribution < -0.4 is 4.74 Å². The van der Waals surface area contributed by atoms with Gasteiger partial charge in [-0.1, -0.05) is 72.8 Å². The summed E-state index contributed by atoms with van der Waals surface area (Å²) in [6, 6.07) is 48.2. The number of pyridine rings is 3. The summed E-state index contributed by atoms with van der Waals surface area (Å²) in [5, 5.41) is 0.914. The van der Waals surface area contributed by atoms with E-state index in [4.69, 9.17) is 14.7 Å². The van der Waals surface area contributed by atoms with Gasteiger partial charge < -0.3 is 14.7 Å². The van der Waals surface area contributed by atoms with Crippen molar-refractivity contribution < 1.29 is 22.3 Å². The summed E-state index contributed by atoms with van der Waals surface area (Å²) in [5.74, 6) is 1.48. The molecular formula is C56H41F4N9O. The van der Waals surface area contributed by atoms with Gasteiger partial charge in [0.25, 0.3) is 0 Å². The van der Waals surface area contributed by atoms with E-state index in [0.717, 1.165) is 90.5 Å². The number of ether oxygens (including phenoxy) is 1. The average molecular weight is 932 g/mol. The molecule has 0 bridgehead atoms. The molecule has 0 fully saturated rings. The van der Waals surface area contributed by atoms with Crippen molar-refractivity contribution in [2.75, 3.05) is 0 Å². The van der Waals surface area contributed by atoms with E-state index in [1.807, 2.05) is 147 Å². The highest BCUT2D eigenvalue weighted by Crippen LogP contribution is 2.36. The molecule has 0 radical (unpaired) electrons. The number of nitrogens with one attached hydrogen (secondary N) is 2. The van der Waals surface area contributed by atoms with Crippen molar-refractivity contribution in [3.8, 4) is 56.8 Å². The molecule has 0 spiro atoms. The number of H-pyrrole nitrogens is 2. The Kier molecular flexibility index (Phi) is 12.4. The number of aryl methyl sites for hydroxylation is 2. The number of nitrogens with zero attached hydrogens (tertiary/aromatic N) is 7. The topological polar surface area (TPSA) is 131 Å². The molecule has 2 N–H and O–H groups in total. The van der Waals surface area contributed by atoms with Crippen LogP contribution in [0.4, 0.5) is 17.6 Å². The lowest BCUT2D eigenvalue weighted by atomic mass is 10.1. The van der Waals surface area contributed by atoms with Crippen molar-refractivity contribution in [1.82, 2.24) is 44.9 Å². The molecule has 11 aromatic rings. The quantitative estimate of drug-likeness (QED) is 0.130. The second-order valence-corrected chi connectivity index (χ2v) is 16.5. The standard InChI is InChI=1S/C30H23N5O.C26H18F4N4/c1-20-7-5-12-26(33-20)30-29(22-13-14-25-27(19-22)32-16-15-31-25)34-28(35-30)18-21-8-6-11-24(17-21)36-23-9-3-2-4-10-23;1-15-5-2-9-21(32-15)25-24(18-10-11-20-16(13-18)7-4-12-31-20)33-22(34-25)14-17-6-3-8-19(23(17)27)26(28,29)30/h2-17,19H,18H2,1H3,(H,34,35);2-13H,14H2,1H3,(H,33,34). The lowest BCUT2D eigenvalue weighted by Crippen LogP contribution is -2.10. The highest BCUT2D eigenvalue weighted by Gasteiger charge is 2.35. The first-order valence-corrected chi connectivity index (χ1v) is 22.3. The van der Waals surface area contributed by atoms with Crippen molar-refractivity contribution in [2.24, 2.45) is 0 Å². The highest BCUT2D eigenvalue weighted by molar-refractivity contribution is 5.87. The van der Waals surface area contributed by atoms with Crippen molar-refractivity contribution >= 4 is 21.9 Å². The van der Waals surface area contributed by atoms with E-state index < -0.39 is 17.6 Å². The van der Waals surface area contributed by atoms with Gasteiger partial charge in [0.2, 0.25) is 0 Å². The van der Waals surface area contributed by atoms with Crippen LogP contribution >= 0.6 is 0 Å². The van der Waals surface area contributed by atoms with Crippen molar-refractivity contribution in [2.45, 2.75) is 32.9 Å². The third-order valence-electron chi connectivity index (χ3n) is 11.4. The molecule has 11 rings (SSSR count). The van der Waals surface area contributed by atoms with Gasteiger partial charge in [-0.2, -0.15) is 13.2 Å². The second-order valence-electron chi connectivity index (χ2n) is 16.5. The fourth-order valence-electron chi connectivity index (χ4n) is 8.15. The molecule has 0 unspecified atom stereocenters. The van der Waals surface area contributed by atoms with Crippen LogP contribution in [0.15, 0.2) is 176 Å². The van der Waals surface area contributed by atoms with Gasteiger partial charge in [0.1, 0.15) is 29.0 Å². The number of alkyl halides is 3. The number of imidazole rings is 2. The van der Waals surface area contributed by atoms with Gasteiger partial charge in [-0.05, 0) is 110 Å². The summed E-state index contributed by atoms with van der Waals surface area (Å²) in [7, 11) is 0. The molecule has 0 saturated carbocycles. The number of aromatic amines is 2. The summed E-state index contributed by atoms with van der Waals surface area (Å²) in [5.41, 5.74) is 10.1. The normalized spacial score (nSPS) is 11.4. The Morgan fingerprint density at radius 2 is 1.10 bits per heavy atom. The van der Waals surface area contributed by atoms with Crippen molar-refractivity contribution in [3.05, 3.63) is 222 Å². The first-order valence-electron chi connectivity index (χ1n) is 22.3. The summed E-state index contributed by atoms with van der Waals surface area (Å²) in [4.78, 5) is 38.9. The minimum absolute atomic E-state index is 0.0958. The van der Waals surface area contributed by atoms with Gasteiger partial charge >= 0.3 is 6.18 Å². The predicted molar refractivity (Wildman–Crippen MR) is 262 cm³/mol. The van der Waals surface area contributed by atoms with Gasteiger partial charge in [0.05, 0.1) is 56.3 Å². The zero-order valence-electron chi connectivity index (χ0n) is 37.7. The van der Waals surface area contributed by atoms with Crippen LogP contribution in [0.2, 0.25) is 0 Å². The SMILES string of the molecule is Cc1cccc(-c2[nH]c(Cc3cccc(C(F)(F)F)c3F)nc2-c2ccc3ncccc3c2)n1.Cc1cccc(-c2[nH]c(Cc3cccc(Oc4ccccc4)c3)nc2-c2ccc3nccnc3c2)n1. The Labute approximate surface area is 399 Å². The molecule has 70 heavy (non-hydrogen) atoms. The van der Waals surface area contributed by atoms with E-state index in [0.29, 0.717) is 29.3 Å². The van der Waals surface area contributed by atoms with E-state index in [2.05, 4.69) is 41.0 Å². The molecule has 0 aliphatic rings. The molecular weight excluding hydrogens is 891 g/mol. The maximum Gasteiger partial charge on any atom is 0.419 e. The van der Waals surface area contributed by atoms with Crippen LogP contribution in [0.25, 0.3) is 67.2 Å². The minimum atomic E-state index is -4.77. The van der Waals surface area contributed by atoms with Crippen LogP contribution in [0.3, 0.4) is 0 Å². The summed E-state index contributed by atoms with van der Waals surface area (Å²) < 4.78 is 60.2. The summed E-state index contributed by atoms with van der Waals surface area (Å²) >= 11 is 0. The third kappa shape index (κ3) is 10.0. The van der Waals surface area contributed by atoms with Crippen LogP contribution in [0.5, 0.6) is 11.5 Å². The number of halogens is 4. The Balaban J connectivity index is 0.000000162. The molecule has 0 aliphatic carbocycles. The third-order valence-corrected chi connectivity index (χ3v) is 11.4. The number of benzene rings is 5. The molecule has 344 valence electrons. The van der Waals surface area contributed by atoms with Crippen LogP contribution in [0, 0.1) is 19.7 Å². The van der Waals surface area contributed by atoms with E-state index in [9.17, 15) is 17.6 Å². The Hall–Kier alpha value is -8.91. The molecule has 0 saturated heterocycles. The molecule has 0 atom stereocenters. The van der Waals surface area contributed by atoms with E-state index in [-0.39, 0.29) is 12.0 Å². The van der Waals surface area contributed by atoms with E-state index in [1.54, 1.807) is 18.6 Å². The fourth-order valence-corrected chi connectivity index (χ4v) is 8.15. The Morgan fingerprint density at radius 1 is 0.500 bits per heavy atom. The van der Waals surface area contributed by atoms with Crippen LogP contribution in [-0.2, 0) is 19.0 Å². The number of hydrogen-bond donors (Lipinski definition) is 2. The minimum Gasteiger partial charge on any atom is -0.457 e. The maximum absolute atomic E-state index is 14.7. The monoisotopic (exact) mass is 931 g/mol.